The van der Waals surface area contributed by atoms with Crippen molar-refractivity contribution in [2.24, 2.45) is 0 Å². The van der Waals surface area contributed by atoms with Gasteiger partial charge in [-0.1, -0.05) is 17.7 Å². The number of hydrogen-bond acceptors (Lipinski definition) is 4. The van der Waals surface area contributed by atoms with Gasteiger partial charge in [-0.15, -0.1) is 11.3 Å². The van der Waals surface area contributed by atoms with E-state index >= 15 is 0 Å². The third-order valence-electron chi connectivity index (χ3n) is 4.64. The van der Waals surface area contributed by atoms with Crippen molar-refractivity contribution >= 4 is 33.8 Å². The van der Waals surface area contributed by atoms with Crippen molar-refractivity contribution < 1.29 is 14.4 Å². The topological polar surface area (TPSA) is 54.8 Å². The van der Waals surface area contributed by atoms with Crippen LogP contribution >= 0.6 is 22.9 Å². The van der Waals surface area contributed by atoms with Crippen LogP contribution in [0.15, 0.2) is 18.2 Å². The predicted octanol–water partition coefficient (Wildman–Crippen LogP) is 1.83. The fourth-order valence-corrected chi connectivity index (χ4v) is 5.01. The number of rotatable bonds is 2. The van der Waals surface area contributed by atoms with Crippen LogP contribution in [-0.2, 0) is 13.0 Å². The van der Waals surface area contributed by atoms with Crippen LogP contribution in [0.3, 0.4) is 0 Å². The second-order valence-corrected chi connectivity index (χ2v) is 7.80. The number of likely N-dealkylation sites (N-methyl/N-ethyl adjacent to an activating group) is 1. The fourth-order valence-electron chi connectivity index (χ4n) is 3.36. The summed E-state index contributed by atoms with van der Waals surface area (Å²) in [7, 11) is 3.78. The van der Waals surface area contributed by atoms with E-state index in [0.29, 0.717) is 10.8 Å². The average Bonchev–Trinajstić information content (AvgIpc) is 2.92. The van der Waals surface area contributed by atoms with Crippen LogP contribution in [0.25, 0.3) is 0 Å². The smallest absolute Gasteiger partial charge is 0.256 e. The van der Waals surface area contributed by atoms with E-state index in [4.69, 9.17) is 16.3 Å². The number of halogens is 1. The number of anilines is 1. The molecular weight excluding hydrogens is 346 g/mol. The van der Waals surface area contributed by atoms with Crippen molar-refractivity contribution in [2.75, 3.05) is 26.0 Å². The number of ether oxygens (including phenoxy) is 1. The molecular formula is C17H19ClN3O2S+. The van der Waals surface area contributed by atoms with E-state index in [1.54, 1.807) is 18.4 Å². The number of thiophene rings is 1. The van der Waals surface area contributed by atoms with Crippen LogP contribution < -0.4 is 20.3 Å². The average molecular weight is 365 g/mol. The molecule has 1 unspecified atom stereocenters. The number of methoxy groups -OCH3 is 1. The van der Waals surface area contributed by atoms with Crippen LogP contribution in [0, 0.1) is 0 Å². The number of benzene rings is 1. The minimum Gasteiger partial charge on any atom is -0.495 e. The number of nitrogens with one attached hydrogen (secondary N) is 3. The van der Waals surface area contributed by atoms with E-state index in [2.05, 4.69) is 17.7 Å². The van der Waals surface area contributed by atoms with E-state index in [1.807, 2.05) is 18.2 Å². The zero-order chi connectivity index (χ0) is 16.8. The third-order valence-corrected chi connectivity index (χ3v) is 6.10. The lowest BCUT2D eigenvalue weighted by Gasteiger charge is -2.27. The molecule has 2 atom stereocenters. The standard InChI is InChI=1S/C17H18ClN3O2S/c1-21-6-5-10-13(8-21)24-17-14(10)16(22)19-15(20-17)9-3-4-12(23-2)11(18)7-9/h3-4,7,15,20H,5-6,8H2,1-2H3,(H,19,22)/p+1/t15-/m1/s1. The van der Waals surface area contributed by atoms with Crippen LogP contribution in [0.1, 0.15) is 32.5 Å². The van der Waals surface area contributed by atoms with Crippen molar-refractivity contribution in [1.82, 2.24) is 5.32 Å². The summed E-state index contributed by atoms with van der Waals surface area (Å²) < 4.78 is 5.19. The van der Waals surface area contributed by atoms with Gasteiger partial charge in [0.05, 0.1) is 36.2 Å². The number of carbonyl (C=O) groups is 1. The first kappa shape index (κ1) is 15.7. The summed E-state index contributed by atoms with van der Waals surface area (Å²) in [4.78, 5) is 15.5. The summed E-state index contributed by atoms with van der Waals surface area (Å²) in [6, 6.07) is 5.56. The number of quaternary nitrogens is 1. The molecule has 126 valence electrons. The van der Waals surface area contributed by atoms with Gasteiger partial charge in [-0.05, 0) is 23.3 Å². The SMILES string of the molecule is COc1ccc([C@@H]2NC(=O)c3c(sc4c3CC[NH+](C)C4)N2)cc1Cl. The molecule has 0 aliphatic carbocycles. The first-order valence-corrected chi connectivity index (χ1v) is 9.13. The van der Waals surface area contributed by atoms with Crippen LogP contribution in [0.5, 0.6) is 5.75 Å². The molecule has 3 N–H and O–H groups in total. The van der Waals surface area contributed by atoms with Gasteiger partial charge in [-0.2, -0.15) is 0 Å². The molecule has 2 aliphatic heterocycles. The van der Waals surface area contributed by atoms with Crippen LogP contribution in [-0.4, -0.2) is 26.6 Å². The Labute approximate surface area is 149 Å². The second kappa shape index (κ2) is 5.95. The maximum atomic E-state index is 12.7. The van der Waals surface area contributed by atoms with E-state index in [9.17, 15) is 4.79 Å². The molecule has 7 heteroatoms. The van der Waals surface area contributed by atoms with Gasteiger partial charge < -0.3 is 20.3 Å². The largest absolute Gasteiger partial charge is 0.495 e. The highest BCUT2D eigenvalue weighted by Crippen LogP contribution is 2.39. The van der Waals surface area contributed by atoms with Gasteiger partial charge in [-0.3, -0.25) is 4.79 Å². The highest BCUT2D eigenvalue weighted by Gasteiger charge is 2.33. The summed E-state index contributed by atoms with van der Waals surface area (Å²) >= 11 is 7.92. The summed E-state index contributed by atoms with van der Waals surface area (Å²) in [6.07, 6.45) is 0.680. The van der Waals surface area contributed by atoms with Crippen molar-refractivity contribution in [3.8, 4) is 5.75 Å². The maximum Gasteiger partial charge on any atom is 0.256 e. The minimum atomic E-state index is -0.279. The van der Waals surface area contributed by atoms with Crippen molar-refractivity contribution in [3.63, 3.8) is 0 Å². The Hall–Kier alpha value is -1.76. The second-order valence-electron chi connectivity index (χ2n) is 6.29. The van der Waals surface area contributed by atoms with Crippen LogP contribution in [0.2, 0.25) is 5.02 Å². The summed E-state index contributed by atoms with van der Waals surface area (Å²) in [5.41, 5.74) is 2.96. The molecule has 1 aromatic carbocycles. The molecule has 1 amide bonds. The Kier molecular flexibility index (Phi) is 3.90. The Morgan fingerprint density at radius 1 is 1.38 bits per heavy atom. The molecule has 0 saturated heterocycles. The molecule has 24 heavy (non-hydrogen) atoms. The first-order valence-electron chi connectivity index (χ1n) is 7.93. The zero-order valence-electron chi connectivity index (χ0n) is 13.5. The summed E-state index contributed by atoms with van der Waals surface area (Å²) in [5.74, 6) is 0.624. The molecule has 0 bridgehead atoms. The molecule has 5 nitrogen and oxygen atoms in total. The maximum absolute atomic E-state index is 12.7. The number of amides is 1. The monoisotopic (exact) mass is 364 g/mol. The Morgan fingerprint density at radius 3 is 2.96 bits per heavy atom. The van der Waals surface area contributed by atoms with Gasteiger partial charge in [0.1, 0.15) is 23.5 Å². The predicted molar refractivity (Wildman–Crippen MR) is 95.3 cm³/mol. The molecule has 0 radical (unpaired) electrons. The quantitative estimate of drug-likeness (QED) is 0.762. The lowest BCUT2D eigenvalue weighted by molar-refractivity contribution is -0.895. The third kappa shape index (κ3) is 2.55. The molecule has 0 spiro atoms. The normalized spacial score (nSPS) is 22.2. The lowest BCUT2D eigenvalue weighted by atomic mass is 10.0. The molecule has 0 fully saturated rings. The number of fused-ring (bicyclic) bond motifs is 3. The van der Waals surface area contributed by atoms with E-state index in [-0.39, 0.29) is 12.1 Å². The van der Waals surface area contributed by atoms with Gasteiger partial charge in [-0.25, -0.2) is 0 Å². The highest BCUT2D eigenvalue weighted by atomic mass is 35.5. The summed E-state index contributed by atoms with van der Waals surface area (Å²) in [5, 5.41) is 8.01. The molecule has 3 heterocycles. The number of carbonyl (C=O) groups excluding carboxylic acids is 1. The van der Waals surface area contributed by atoms with Gasteiger partial charge in [0, 0.05) is 6.42 Å². The van der Waals surface area contributed by atoms with E-state index in [1.165, 1.54) is 15.3 Å². The molecule has 1 aromatic heterocycles. The zero-order valence-corrected chi connectivity index (χ0v) is 15.1. The van der Waals surface area contributed by atoms with E-state index < -0.39 is 0 Å². The van der Waals surface area contributed by atoms with Crippen molar-refractivity contribution in [3.05, 3.63) is 44.8 Å². The van der Waals surface area contributed by atoms with Gasteiger partial charge in [0.25, 0.3) is 5.91 Å². The Balaban J connectivity index is 1.67. The number of hydrogen-bond donors (Lipinski definition) is 3. The molecule has 2 aliphatic rings. The Morgan fingerprint density at radius 2 is 2.21 bits per heavy atom. The molecule has 0 saturated carbocycles. The van der Waals surface area contributed by atoms with Crippen molar-refractivity contribution in [1.29, 1.82) is 0 Å². The van der Waals surface area contributed by atoms with Gasteiger partial charge >= 0.3 is 0 Å². The lowest BCUT2D eigenvalue weighted by Crippen LogP contribution is -3.08. The highest BCUT2D eigenvalue weighted by molar-refractivity contribution is 7.16. The van der Waals surface area contributed by atoms with Crippen LogP contribution in [0.4, 0.5) is 5.00 Å². The Bertz CT molecular complexity index is 820. The minimum absolute atomic E-state index is 0.00209. The van der Waals surface area contributed by atoms with Crippen molar-refractivity contribution in [2.45, 2.75) is 19.1 Å². The summed E-state index contributed by atoms with van der Waals surface area (Å²) in [6.45, 7) is 2.06. The van der Waals surface area contributed by atoms with Gasteiger partial charge in [0.15, 0.2) is 0 Å². The van der Waals surface area contributed by atoms with Gasteiger partial charge in [0.2, 0.25) is 0 Å². The fraction of sp³-hybridized carbons (Fsp3) is 0.353. The molecule has 2 aromatic rings. The van der Waals surface area contributed by atoms with E-state index in [0.717, 1.165) is 35.6 Å². The first-order chi connectivity index (χ1) is 11.6. The molecule has 4 rings (SSSR count).